The number of carbonyl (C=O) groups excluding carboxylic acids is 3. The summed E-state index contributed by atoms with van der Waals surface area (Å²) in [5.41, 5.74) is 1.05. The zero-order valence-electron chi connectivity index (χ0n) is 18.6. The number of likely N-dealkylation sites (tertiary alicyclic amines) is 2. The van der Waals surface area contributed by atoms with E-state index in [1.165, 1.54) is 6.20 Å². The number of aromatic nitrogens is 3. The standard InChI is InChI=1S/C24H25ClN6O3/c25-16-7-8-20(26-14-16)27-21(32)15-31-19-5-2-1-4-18(19)23(28-31)24(34)29-12-9-17(10-13-29)30-11-3-6-22(30)33/h1-2,4-5,7-8,14,17H,3,6,9-13,15H2,(H,26,27,32). The van der Waals surface area contributed by atoms with Crippen molar-refractivity contribution in [3.05, 3.63) is 53.3 Å². The number of nitrogens with one attached hydrogen (secondary N) is 1. The van der Waals surface area contributed by atoms with E-state index in [4.69, 9.17) is 11.6 Å². The van der Waals surface area contributed by atoms with Crippen LogP contribution in [0.5, 0.6) is 0 Å². The van der Waals surface area contributed by atoms with Crippen molar-refractivity contribution in [2.24, 2.45) is 0 Å². The molecule has 0 unspecified atom stereocenters. The number of rotatable bonds is 5. The van der Waals surface area contributed by atoms with Crippen LogP contribution < -0.4 is 5.32 Å². The quantitative estimate of drug-likeness (QED) is 0.605. The molecule has 3 aromatic rings. The number of halogens is 1. The van der Waals surface area contributed by atoms with Crippen LogP contribution in [0.15, 0.2) is 42.6 Å². The van der Waals surface area contributed by atoms with Gasteiger partial charge in [0.1, 0.15) is 12.4 Å². The Bertz CT molecular complexity index is 1230. The number of piperidine rings is 1. The lowest BCUT2D eigenvalue weighted by atomic mass is 10.0. The summed E-state index contributed by atoms with van der Waals surface area (Å²) < 4.78 is 1.55. The highest BCUT2D eigenvalue weighted by Gasteiger charge is 2.33. The largest absolute Gasteiger partial charge is 0.340 e. The first kappa shape index (κ1) is 22.3. The highest BCUT2D eigenvalue weighted by atomic mass is 35.5. The molecule has 0 spiro atoms. The lowest BCUT2D eigenvalue weighted by Crippen LogP contribution is -2.47. The van der Waals surface area contributed by atoms with Crippen molar-refractivity contribution in [3.8, 4) is 0 Å². The summed E-state index contributed by atoms with van der Waals surface area (Å²) in [5.74, 6) is 0.155. The molecule has 2 fully saturated rings. The van der Waals surface area contributed by atoms with Crippen LogP contribution in [0.3, 0.4) is 0 Å². The normalized spacial score (nSPS) is 16.9. The fraction of sp³-hybridized carbons (Fsp3) is 0.375. The summed E-state index contributed by atoms with van der Waals surface area (Å²) in [7, 11) is 0. The zero-order valence-corrected chi connectivity index (χ0v) is 19.4. The van der Waals surface area contributed by atoms with E-state index in [-0.39, 0.29) is 30.3 Å². The van der Waals surface area contributed by atoms with Crippen molar-refractivity contribution >= 4 is 46.0 Å². The Kier molecular flexibility index (Phi) is 6.19. The molecule has 2 aromatic heterocycles. The first-order chi connectivity index (χ1) is 16.5. The maximum Gasteiger partial charge on any atom is 0.275 e. The molecule has 4 heterocycles. The van der Waals surface area contributed by atoms with Gasteiger partial charge in [-0.2, -0.15) is 5.10 Å². The summed E-state index contributed by atoms with van der Waals surface area (Å²) in [4.78, 5) is 45.9. The summed E-state index contributed by atoms with van der Waals surface area (Å²) in [6.45, 7) is 1.92. The van der Waals surface area contributed by atoms with Gasteiger partial charge in [0.25, 0.3) is 5.91 Å². The molecule has 2 aliphatic heterocycles. The first-order valence-electron chi connectivity index (χ1n) is 11.5. The second kappa shape index (κ2) is 9.42. The van der Waals surface area contributed by atoms with Gasteiger partial charge in [-0.25, -0.2) is 4.98 Å². The molecular formula is C24H25ClN6O3. The van der Waals surface area contributed by atoms with Crippen LogP contribution >= 0.6 is 11.6 Å². The molecule has 1 aromatic carbocycles. The van der Waals surface area contributed by atoms with Gasteiger partial charge in [-0.3, -0.25) is 19.1 Å². The van der Waals surface area contributed by atoms with E-state index in [1.54, 1.807) is 21.7 Å². The second-order valence-electron chi connectivity index (χ2n) is 8.65. The molecule has 1 N–H and O–H groups in total. The topological polar surface area (TPSA) is 100 Å². The summed E-state index contributed by atoms with van der Waals surface area (Å²) >= 11 is 5.84. The van der Waals surface area contributed by atoms with Crippen molar-refractivity contribution in [1.82, 2.24) is 24.6 Å². The number of benzene rings is 1. The third-order valence-electron chi connectivity index (χ3n) is 6.45. The number of pyridine rings is 1. The second-order valence-corrected chi connectivity index (χ2v) is 9.08. The summed E-state index contributed by atoms with van der Waals surface area (Å²) in [6, 6.07) is 10.9. The van der Waals surface area contributed by atoms with Crippen LogP contribution in [0.25, 0.3) is 10.9 Å². The van der Waals surface area contributed by atoms with Gasteiger partial charge in [-0.15, -0.1) is 0 Å². The average Bonchev–Trinajstić information content (AvgIpc) is 3.44. The molecule has 9 nitrogen and oxygen atoms in total. The molecule has 0 radical (unpaired) electrons. The number of amides is 3. The van der Waals surface area contributed by atoms with Crippen molar-refractivity contribution < 1.29 is 14.4 Å². The van der Waals surface area contributed by atoms with Crippen LogP contribution in [0.4, 0.5) is 5.82 Å². The Morgan fingerprint density at radius 3 is 2.59 bits per heavy atom. The van der Waals surface area contributed by atoms with E-state index in [0.29, 0.717) is 46.9 Å². The number of hydrogen-bond acceptors (Lipinski definition) is 5. The van der Waals surface area contributed by atoms with Gasteiger partial charge in [0.15, 0.2) is 5.69 Å². The molecular weight excluding hydrogens is 456 g/mol. The fourth-order valence-corrected chi connectivity index (χ4v) is 4.87. The minimum Gasteiger partial charge on any atom is -0.340 e. The van der Waals surface area contributed by atoms with Crippen LogP contribution in [-0.4, -0.2) is 68.0 Å². The monoisotopic (exact) mass is 480 g/mol. The van der Waals surface area contributed by atoms with Crippen molar-refractivity contribution in [1.29, 1.82) is 0 Å². The van der Waals surface area contributed by atoms with Gasteiger partial charge >= 0.3 is 0 Å². The number of fused-ring (bicyclic) bond motifs is 1. The molecule has 2 aliphatic rings. The number of carbonyl (C=O) groups is 3. The predicted molar refractivity (Wildman–Crippen MR) is 127 cm³/mol. The molecule has 0 bridgehead atoms. The van der Waals surface area contributed by atoms with Crippen LogP contribution in [-0.2, 0) is 16.1 Å². The Balaban J connectivity index is 1.30. The highest BCUT2D eigenvalue weighted by Crippen LogP contribution is 2.25. The Labute approximate surface area is 201 Å². The van der Waals surface area contributed by atoms with Gasteiger partial charge in [0, 0.05) is 43.7 Å². The molecule has 176 valence electrons. The molecule has 5 rings (SSSR count). The molecule has 10 heteroatoms. The Hall–Kier alpha value is -3.46. The smallest absolute Gasteiger partial charge is 0.275 e. The third-order valence-corrected chi connectivity index (χ3v) is 6.67. The number of hydrogen-bond donors (Lipinski definition) is 1. The molecule has 0 atom stereocenters. The molecule has 34 heavy (non-hydrogen) atoms. The first-order valence-corrected chi connectivity index (χ1v) is 11.8. The highest BCUT2D eigenvalue weighted by molar-refractivity contribution is 6.30. The van der Waals surface area contributed by atoms with Gasteiger partial charge in [-0.1, -0.05) is 29.8 Å². The van der Waals surface area contributed by atoms with E-state index >= 15 is 0 Å². The van der Waals surface area contributed by atoms with Crippen molar-refractivity contribution in [2.75, 3.05) is 25.0 Å². The molecule has 0 aliphatic carbocycles. The Morgan fingerprint density at radius 1 is 1.09 bits per heavy atom. The minimum atomic E-state index is -0.307. The number of para-hydroxylation sites is 1. The maximum atomic E-state index is 13.4. The zero-order chi connectivity index (χ0) is 23.7. The van der Waals surface area contributed by atoms with E-state index < -0.39 is 0 Å². The van der Waals surface area contributed by atoms with Gasteiger partial charge < -0.3 is 15.1 Å². The van der Waals surface area contributed by atoms with Crippen LogP contribution in [0.2, 0.25) is 5.02 Å². The predicted octanol–water partition coefficient (Wildman–Crippen LogP) is 2.95. The van der Waals surface area contributed by atoms with Crippen LogP contribution in [0, 0.1) is 0 Å². The number of anilines is 1. The van der Waals surface area contributed by atoms with Gasteiger partial charge in [0.05, 0.1) is 10.5 Å². The molecule has 2 saturated heterocycles. The van der Waals surface area contributed by atoms with E-state index in [0.717, 1.165) is 25.8 Å². The SMILES string of the molecule is O=C(Cn1nc(C(=O)N2CCC(N3CCCC3=O)CC2)c2ccccc21)Nc1ccc(Cl)cn1. The van der Waals surface area contributed by atoms with Gasteiger partial charge in [0.2, 0.25) is 11.8 Å². The van der Waals surface area contributed by atoms with E-state index in [2.05, 4.69) is 15.4 Å². The third kappa shape index (κ3) is 4.48. The molecule has 3 amide bonds. The lowest BCUT2D eigenvalue weighted by Gasteiger charge is -2.36. The molecule has 0 saturated carbocycles. The Morgan fingerprint density at radius 2 is 1.88 bits per heavy atom. The van der Waals surface area contributed by atoms with E-state index in [9.17, 15) is 14.4 Å². The van der Waals surface area contributed by atoms with E-state index in [1.807, 2.05) is 29.2 Å². The minimum absolute atomic E-state index is 0.0583. The average molecular weight is 481 g/mol. The number of nitrogens with zero attached hydrogens (tertiary/aromatic N) is 5. The summed E-state index contributed by atoms with van der Waals surface area (Å²) in [6.07, 6.45) is 4.55. The van der Waals surface area contributed by atoms with Crippen molar-refractivity contribution in [2.45, 2.75) is 38.3 Å². The maximum absolute atomic E-state index is 13.4. The fourth-order valence-electron chi connectivity index (χ4n) is 4.76. The lowest BCUT2D eigenvalue weighted by molar-refractivity contribution is -0.130. The van der Waals surface area contributed by atoms with Crippen LogP contribution in [0.1, 0.15) is 36.2 Å². The van der Waals surface area contributed by atoms with Gasteiger partial charge in [-0.05, 0) is 37.5 Å². The van der Waals surface area contributed by atoms with Crippen molar-refractivity contribution in [3.63, 3.8) is 0 Å². The summed E-state index contributed by atoms with van der Waals surface area (Å²) in [5, 5.41) is 8.44.